The minimum Gasteiger partial charge on any atom is -0.305 e. The smallest absolute Gasteiger partial charge is 0.305 e. The van der Waals surface area contributed by atoms with Gasteiger partial charge in [0.15, 0.2) is 0 Å². The molecule has 0 unspecified atom stereocenters. The Hall–Kier alpha value is -3.62. The molecular weight excluding hydrogens is 296 g/mol. The molecule has 9 nitrogen and oxygen atoms in total. The Morgan fingerprint density at radius 1 is 0.957 bits per heavy atom. The van der Waals surface area contributed by atoms with E-state index in [2.05, 4.69) is 35.2 Å². The van der Waals surface area contributed by atoms with E-state index in [4.69, 9.17) is 0 Å². The summed E-state index contributed by atoms with van der Waals surface area (Å²) < 4.78 is 1.38. The third-order valence-corrected chi connectivity index (χ3v) is 3.14. The highest BCUT2D eigenvalue weighted by molar-refractivity contribution is 5.76. The standard InChI is InChI=1S/C14H10N8O/c23-14-19-9-4-1-2-5-10(9)22(14)13-18-8-17-12(21-13)20-11-15-6-3-7-16-11/h1-8H,(H,19,23)(H,15,16,17,18,20,21). The van der Waals surface area contributed by atoms with Crippen molar-refractivity contribution < 1.29 is 0 Å². The van der Waals surface area contributed by atoms with Crippen molar-refractivity contribution in [1.82, 2.24) is 34.5 Å². The largest absolute Gasteiger partial charge is 0.333 e. The second-order valence-electron chi connectivity index (χ2n) is 4.59. The molecule has 0 spiro atoms. The average Bonchev–Trinajstić information content (AvgIpc) is 2.92. The first-order valence-electron chi connectivity index (χ1n) is 6.74. The molecule has 0 radical (unpaired) electrons. The quantitative estimate of drug-likeness (QED) is 0.581. The first-order chi connectivity index (χ1) is 11.3. The van der Waals surface area contributed by atoms with Crippen molar-refractivity contribution in [2.75, 3.05) is 5.32 Å². The van der Waals surface area contributed by atoms with Gasteiger partial charge in [-0.3, -0.25) is 5.32 Å². The zero-order valence-electron chi connectivity index (χ0n) is 11.7. The number of fused-ring (bicyclic) bond motifs is 1. The highest BCUT2D eigenvalue weighted by Crippen LogP contribution is 2.13. The van der Waals surface area contributed by atoms with Crippen molar-refractivity contribution in [2.24, 2.45) is 0 Å². The van der Waals surface area contributed by atoms with Gasteiger partial charge in [0.1, 0.15) is 6.33 Å². The van der Waals surface area contributed by atoms with Crippen LogP contribution in [0.25, 0.3) is 17.0 Å². The summed E-state index contributed by atoms with van der Waals surface area (Å²) in [5.74, 6) is 0.815. The summed E-state index contributed by atoms with van der Waals surface area (Å²) in [5, 5.41) is 2.86. The van der Waals surface area contributed by atoms with Crippen molar-refractivity contribution in [3.05, 3.63) is 59.5 Å². The number of hydrogen-bond acceptors (Lipinski definition) is 7. The van der Waals surface area contributed by atoms with Gasteiger partial charge in [-0.2, -0.15) is 4.98 Å². The lowest BCUT2D eigenvalue weighted by Gasteiger charge is -2.04. The molecule has 0 amide bonds. The Morgan fingerprint density at radius 3 is 2.65 bits per heavy atom. The number of para-hydroxylation sites is 2. The highest BCUT2D eigenvalue weighted by Gasteiger charge is 2.11. The van der Waals surface area contributed by atoms with Crippen molar-refractivity contribution in [3.63, 3.8) is 0 Å². The van der Waals surface area contributed by atoms with Crippen molar-refractivity contribution >= 4 is 22.9 Å². The Morgan fingerprint density at radius 2 is 1.78 bits per heavy atom. The van der Waals surface area contributed by atoms with Gasteiger partial charge >= 0.3 is 5.69 Å². The highest BCUT2D eigenvalue weighted by atomic mass is 16.1. The second kappa shape index (κ2) is 5.30. The fourth-order valence-corrected chi connectivity index (χ4v) is 2.17. The first kappa shape index (κ1) is 13.1. The van der Waals surface area contributed by atoms with Gasteiger partial charge in [0.2, 0.25) is 17.8 Å². The maximum Gasteiger partial charge on any atom is 0.333 e. The average molecular weight is 306 g/mol. The zero-order chi connectivity index (χ0) is 15.6. The fourth-order valence-electron chi connectivity index (χ4n) is 2.17. The van der Waals surface area contributed by atoms with Crippen LogP contribution in [0.3, 0.4) is 0 Å². The van der Waals surface area contributed by atoms with Crippen LogP contribution >= 0.6 is 0 Å². The lowest BCUT2D eigenvalue weighted by Crippen LogP contribution is -2.18. The van der Waals surface area contributed by atoms with E-state index in [1.807, 2.05) is 24.3 Å². The van der Waals surface area contributed by atoms with Crippen molar-refractivity contribution in [2.45, 2.75) is 0 Å². The third kappa shape index (κ3) is 2.39. The SMILES string of the molecule is O=c1[nH]c2ccccc2n1-c1ncnc(Nc2ncccn2)n1. The normalized spacial score (nSPS) is 10.8. The number of hydrogen-bond donors (Lipinski definition) is 2. The van der Waals surface area contributed by atoms with Gasteiger partial charge in [0.25, 0.3) is 0 Å². The lowest BCUT2D eigenvalue weighted by molar-refractivity contribution is 0.885. The maximum atomic E-state index is 12.2. The maximum absolute atomic E-state index is 12.2. The molecular formula is C14H10N8O. The molecule has 9 heteroatoms. The number of nitrogens with zero attached hydrogens (tertiary/aromatic N) is 6. The van der Waals surface area contributed by atoms with Gasteiger partial charge in [-0.1, -0.05) is 12.1 Å². The molecule has 4 rings (SSSR count). The summed E-state index contributed by atoms with van der Waals surface area (Å²) in [6, 6.07) is 9.01. The van der Waals surface area contributed by atoms with E-state index in [-0.39, 0.29) is 17.6 Å². The molecule has 2 N–H and O–H groups in total. The number of nitrogens with one attached hydrogen (secondary N) is 2. The Labute approximate surface area is 129 Å². The zero-order valence-corrected chi connectivity index (χ0v) is 11.7. The van der Waals surface area contributed by atoms with E-state index >= 15 is 0 Å². The van der Waals surface area contributed by atoms with Crippen molar-refractivity contribution in [3.8, 4) is 5.95 Å². The number of benzene rings is 1. The van der Waals surface area contributed by atoms with Crippen LogP contribution in [0, 0.1) is 0 Å². The van der Waals surface area contributed by atoms with Gasteiger partial charge in [-0.25, -0.2) is 29.3 Å². The number of aromatic nitrogens is 7. The van der Waals surface area contributed by atoms with E-state index in [1.165, 1.54) is 10.9 Å². The van der Waals surface area contributed by atoms with Crippen LogP contribution in [0.5, 0.6) is 0 Å². The van der Waals surface area contributed by atoms with Crippen LogP contribution in [0.1, 0.15) is 0 Å². The Kier molecular flexibility index (Phi) is 3.01. The summed E-state index contributed by atoms with van der Waals surface area (Å²) >= 11 is 0. The predicted molar refractivity (Wildman–Crippen MR) is 82.6 cm³/mol. The van der Waals surface area contributed by atoms with E-state index in [0.29, 0.717) is 17.0 Å². The summed E-state index contributed by atoms with van der Waals surface area (Å²) in [5.41, 5.74) is 1.07. The fraction of sp³-hybridized carbons (Fsp3) is 0. The second-order valence-corrected chi connectivity index (χ2v) is 4.59. The molecule has 0 saturated carbocycles. The van der Waals surface area contributed by atoms with Crippen LogP contribution in [-0.4, -0.2) is 34.5 Å². The van der Waals surface area contributed by atoms with Gasteiger partial charge in [-0.15, -0.1) is 0 Å². The van der Waals surface area contributed by atoms with Crippen LogP contribution in [0.15, 0.2) is 53.8 Å². The number of imidazole rings is 1. The topological polar surface area (TPSA) is 114 Å². The number of aromatic amines is 1. The molecule has 1 aromatic carbocycles. The molecule has 0 aliphatic rings. The van der Waals surface area contributed by atoms with E-state index in [1.54, 1.807) is 18.5 Å². The van der Waals surface area contributed by atoms with Gasteiger partial charge in [0.05, 0.1) is 11.0 Å². The van der Waals surface area contributed by atoms with E-state index in [9.17, 15) is 4.79 Å². The monoisotopic (exact) mass is 306 g/mol. The number of H-pyrrole nitrogens is 1. The van der Waals surface area contributed by atoms with Crippen LogP contribution in [-0.2, 0) is 0 Å². The lowest BCUT2D eigenvalue weighted by atomic mass is 10.3. The minimum atomic E-state index is -0.320. The molecule has 0 fully saturated rings. The van der Waals surface area contributed by atoms with Crippen LogP contribution in [0.4, 0.5) is 11.9 Å². The molecule has 0 aliphatic carbocycles. The molecule has 0 atom stereocenters. The summed E-state index contributed by atoms with van der Waals surface area (Å²) in [6.45, 7) is 0. The summed E-state index contributed by atoms with van der Waals surface area (Å²) in [4.78, 5) is 35.3. The molecule has 3 heterocycles. The van der Waals surface area contributed by atoms with E-state index in [0.717, 1.165) is 0 Å². The minimum absolute atomic E-state index is 0.209. The van der Waals surface area contributed by atoms with E-state index < -0.39 is 0 Å². The molecule has 112 valence electrons. The summed E-state index contributed by atoms with van der Waals surface area (Å²) in [6.07, 6.45) is 4.52. The van der Waals surface area contributed by atoms with Crippen LogP contribution in [0.2, 0.25) is 0 Å². The molecule has 23 heavy (non-hydrogen) atoms. The molecule has 0 aliphatic heterocycles. The van der Waals surface area contributed by atoms with Crippen molar-refractivity contribution in [1.29, 1.82) is 0 Å². The Balaban J connectivity index is 1.79. The first-order valence-corrected chi connectivity index (χ1v) is 6.74. The van der Waals surface area contributed by atoms with Gasteiger partial charge in [-0.05, 0) is 18.2 Å². The molecule has 0 bridgehead atoms. The van der Waals surface area contributed by atoms with Crippen LogP contribution < -0.4 is 11.0 Å². The summed E-state index contributed by atoms with van der Waals surface area (Å²) in [7, 11) is 0. The predicted octanol–water partition coefficient (Wildman–Crippen LogP) is 1.04. The molecule has 4 aromatic rings. The molecule has 3 aromatic heterocycles. The number of anilines is 2. The third-order valence-electron chi connectivity index (χ3n) is 3.14. The Bertz CT molecular complexity index is 1020. The number of rotatable bonds is 3. The van der Waals surface area contributed by atoms with Gasteiger partial charge in [0, 0.05) is 12.4 Å². The van der Waals surface area contributed by atoms with Gasteiger partial charge < -0.3 is 4.98 Å². The molecule has 0 saturated heterocycles.